The molecule has 0 aliphatic rings. The maximum Gasteiger partial charge on any atom is 0.243 e. The lowest BCUT2D eigenvalue weighted by molar-refractivity contribution is -0.114. The molecule has 0 fully saturated rings. The molecule has 0 bridgehead atoms. The zero-order valence-electron chi connectivity index (χ0n) is 11.6. The molecule has 2 rings (SSSR count). The number of carbonyl (C=O) groups excluding carboxylic acids is 1. The molecule has 2 aromatic rings. The van der Waals surface area contributed by atoms with Crippen molar-refractivity contribution < 1.29 is 4.79 Å². The second kappa shape index (κ2) is 7.34. The standard InChI is InChI=1S/C16H16Cl2N2O/c1-2-11-3-6-13(7-4-11)20-16(21)10-19-15-9-12(17)5-8-14(15)18/h3-9,19H,2,10H2,1H3,(H,20,21). The average molecular weight is 323 g/mol. The molecule has 21 heavy (non-hydrogen) atoms. The zero-order chi connectivity index (χ0) is 15.2. The predicted octanol–water partition coefficient (Wildman–Crippen LogP) is 4.61. The van der Waals surface area contributed by atoms with Crippen molar-refractivity contribution in [1.82, 2.24) is 0 Å². The Bertz CT molecular complexity index is 627. The third-order valence-corrected chi connectivity index (χ3v) is 3.58. The second-order valence-electron chi connectivity index (χ2n) is 4.58. The van der Waals surface area contributed by atoms with Crippen LogP contribution in [0.1, 0.15) is 12.5 Å². The van der Waals surface area contributed by atoms with Crippen molar-refractivity contribution in [3.63, 3.8) is 0 Å². The molecule has 0 spiro atoms. The SMILES string of the molecule is CCc1ccc(NC(=O)CNc2cc(Cl)ccc2Cl)cc1. The highest BCUT2D eigenvalue weighted by Gasteiger charge is 2.05. The van der Waals surface area contributed by atoms with Crippen LogP contribution in [-0.2, 0) is 11.2 Å². The predicted molar refractivity (Wildman–Crippen MR) is 89.4 cm³/mol. The number of aryl methyl sites for hydroxylation is 1. The van der Waals surface area contributed by atoms with Crippen molar-refractivity contribution in [3.05, 3.63) is 58.1 Å². The van der Waals surface area contributed by atoms with Gasteiger partial charge in [-0.2, -0.15) is 0 Å². The summed E-state index contributed by atoms with van der Waals surface area (Å²) in [5.74, 6) is -0.143. The molecule has 0 atom stereocenters. The molecule has 0 heterocycles. The highest BCUT2D eigenvalue weighted by Crippen LogP contribution is 2.25. The number of anilines is 2. The molecule has 2 N–H and O–H groups in total. The van der Waals surface area contributed by atoms with Gasteiger partial charge in [0.2, 0.25) is 5.91 Å². The fraction of sp³-hybridized carbons (Fsp3) is 0.188. The third kappa shape index (κ3) is 4.66. The smallest absolute Gasteiger partial charge is 0.243 e. The topological polar surface area (TPSA) is 41.1 Å². The average Bonchev–Trinajstić information content (AvgIpc) is 2.49. The summed E-state index contributed by atoms with van der Waals surface area (Å²) >= 11 is 11.9. The molecule has 5 heteroatoms. The summed E-state index contributed by atoms with van der Waals surface area (Å²) in [6, 6.07) is 12.9. The summed E-state index contributed by atoms with van der Waals surface area (Å²) in [7, 11) is 0. The highest BCUT2D eigenvalue weighted by molar-refractivity contribution is 6.35. The largest absolute Gasteiger partial charge is 0.375 e. The molecule has 0 aliphatic carbocycles. The van der Waals surface area contributed by atoms with Gasteiger partial charge >= 0.3 is 0 Å². The first kappa shape index (κ1) is 15.7. The van der Waals surface area contributed by atoms with E-state index >= 15 is 0 Å². The van der Waals surface area contributed by atoms with Crippen LogP contribution in [0.15, 0.2) is 42.5 Å². The normalized spacial score (nSPS) is 10.2. The van der Waals surface area contributed by atoms with Crippen LogP contribution >= 0.6 is 23.2 Å². The van der Waals surface area contributed by atoms with Gasteiger partial charge in [0.05, 0.1) is 17.3 Å². The highest BCUT2D eigenvalue weighted by atomic mass is 35.5. The van der Waals surface area contributed by atoms with E-state index in [-0.39, 0.29) is 12.5 Å². The number of amides is 1. The van der Waals surface area contributed by atoms with E-state index in [1.54, 1.807) is 18.2 Å². The Morgan fingerprint density at radius 2 is 1.81 bits per heavy atom. The maximum atomic E-state index is 11.9. The number of benzene rings is 2. The number of rotatable bonds is 5. The third-order valence-electron chi connectivity index (χ3n) is 3.01. The molecular formula is C16H16Cl2N2O. The minimum absolute atomic E-state index is 0.121. The van der Waals surface area contributed by atoms with Crippen LogP contribution in [0.2, 0.25) is 10.0 Å². The van der Waals surface area contributed by atoms with Gasteiger partial charge in [-0.15, -0.1) is 0 Å². The fourth-order valence-corrected chi connectivity index (χ4v) is 2.19. The first-order valence-electron chi connectivity index (χ1n) is 6.66. The molecular weight excluding hydrogens is 307 g/mol. The molecule has 1 amide bonds. The monoisotopic (exact) mass is 322 g/mol. The quantitative estimate of drug-likeness (QED) is 0.844. The van der Waals surface area contributed by atoms with Gasteiger partial charge in [0.15, 0.2) is 0 Å². The van der Waals surface area contributed by atoms with Crippen LogP contribution in [0.25, 0.3) is 0 Å². The number of halogens is 2. The van der Waals surface area contributed by atoms with E-state index in [2.05, 4.69) is 17.6 Å². The van der Waals surface area contributed by atoms with Gasteiger partial charge in [-0.25, -0.2) is 0 Å². The Hall–Kier alpha value is -1.71. The minimum atomic E-state index is -0.143. The van der Waals surface area contributed by atoms with Gasteiger partial charge < -0.3 is 10.6 Å². The first-order valence-corrected chi connectivity index (χ1v) is 7.42. The van der Waals surface area contributed by atoms with Crippen molar-refractivity contribution in [1.29, 1.82) is 0 Å². The van der Waals surface area contributed by atoms with Gasteiger partial charge in [-0.3, -0.25) is 4.79 Å². The van der Waals surface area contributed by atoms with Gasteiger partial charge in [0, 0.05) is 10.7 Å². The molecule has 2 aromatic carbocycles. The zero-order valence-corrected chi connectivity index (χ0v) is 13.1. The van der Waals surface area contributed by atoms with Crippen molar-refractivity contribution in [2.45, 2.75) is 13.3 Å². The lowest BCUT2D eigenvalue weighted by Gasteiger charge is -2.10. The van der Waals surface area contributed by atoms with E-state index in [0.29, 0.717) is 15.7 Å². The fourth-order valence-electron chi connectivity index (χ4n) is 1.84. The van der Waals surface area contributed by atoms with Crippen LogP contribution in [0.3, 0.4) is 0 Å². The van der Waals surface area contributed by atoms with Crippen molar-refractivity contribution in [2.24, 2.45) is 0 Å². The van der Waals surface area contributed by atoms with Gasteiger partial charge in [-0.1, -0.05) is 42.3 Å². The maximum absolute atomic E-state index is 11.9. The van der Waals surface area contributed by atoms with Crippen LogP contribution in [0.4, 0.5) is 11.4 Å². The molecule has 0 unspecified atom stereocenters. The van der Waals surface area contributed by atoms with E-state index in [0.717, 1.165) is 12.1 Å². The molecule has 0 aromatic heterocycles. The van der Waals surface area contributed by atoms with E-state index in [1.165, 1.54) is 5.56 Å². The Balaban J connectivity index is 1.91. The van der Waals surface area contributed by atoms with Crippen LogP contribution in [0.5, 0.6) is 0 Å². The first-order chi connectivity index (χ1) is 10.1. The number of hydrogen-bond donors (Lipinski definition) is 2. The molecule has 0 saturated carbocycles. The Kier molecular flexibility index (Phi) is 5.48. The van der Waals surface area contributed by atoms with Crippen LogP contribution in [0, 0.1) is 0 Å². The number of nitrogens with one attached hydrogen (secondary N) is 2. The number of carbonyl (C=O) groups is 1. The van der Waals surface area contributed by atoms with Crippen molar-refractivity contribution in [2.75, 3.05) is 17.2 Å². The summed E-state index contributed by atoms with van der Waals surface area (Å²) in [5, 5.41) is 6.88. The summed E-state index contributed by atoms with van der Waals surface area (Å²) in [5.41, 5.74) is 2.65. The molecule has 110 valence electrons. The van der Waals surface area contributed by atoms with E-state index in [9.17, 15) is 4.79 Å². The van der Waals surface area contributed by atoms with Crippen molar-refractivity contribution in [3.8, 4) is 0 Å². The van der Waals surface area contributed by atoms with Gasteiger partial charge in [-0.05, 0) is 42.3 Å². The van der Waals surface area contributed by atoms with Gasteiger partial charge in [0.1, 0.15) is 0 Å². The lowest BCUT2D eigenvalue weighted by Crippen LogP contribution is -2.21. The van der Waals surface area contributed by atoms with Crippen LogP contribution in [-0.4, -0.2) is 12.5 Å². The van der Waals surface area contributed by atoms with E-state index in [4.69, 9.17) is 23.2 Å². The summed E-state index contributed by atoms with van der Waals surface area (Å²) in [6.07, 6.45) is 0.975. The van der Waals surface area contributed by atoms with Crippen molar-refractivity contribution >= 4 is 40.5 Å². The molecule has 0 radical (unpaired) electrons. The van der Waals surface area contributed by atoms with E-state index in [1.807, 2.05) is 24.3 Å². The number of hydrogen-bond acceptors (Lipinski definition) is 2. The minimum Gasteiger partial charge on any atom is -0.375 e. The Morgan fingerprint density at radius 1 is 1.10 bits per heavy atom. The van der Waals surface area contributed by atoms with E-state index < -0.39 is 0 Å². The summed E-state index contributed by atoms with van der Waals surface area (Å²) < 4.78 is 0. The summed E-state index contributed by atoms with van der Waals surface area (Å²) in [6.45, 7) is 2.21. The summed E-state index contributed by atoms with van der Waals surface area (Å²) in [4.78, 5) is 11.9. The molecule has 0 aliphatic heterocycles. The molecule has 0 saturated heterocycles. The Morgan fingerprint density at radius 3 is 2.48 bits per heavy atom. The lowest BCUT2D eigenvalue weighted by atomic mass is 10.1. The molecule has 3 nitrogen and oxygen atoms in total. The van der Waals surface area contributed by atoms with Gasteiger partial charge in [0.25, 0.3) is 0 Å². The second-order valence-corrected chi connectivity index (χ2v) is 5.42. The van der Waals surface area contributed by atoms with Crippen LogP contribution < -0.4 is 10.6 Å². The Labute approximate surface area is 134 Å².